The van der Waals surface area contributed by atoms with Gasteiger partial charge >= 0.3 is 0 Å². The number of anilines is 3. The predicted octanol–water partition coefficient (Wildman–Crippen LogP) is 16.6. The lowest BCUT2D eigenvalue weighted by Crippen LogP contribution is -2.11. The highest BCUT2D eigenvalue weighted by atomic mass is 15.1. The fourth-order valence-electron chi connectivity index (χ4n) is 8.77. The summed E-state index contributed by atoms with van der Waals surface area (Å²) in [5, 5.41) is 1.86. The Hall–Kier alpha value is -8.20. The molecule has 1 heterocycles. The van der Waals surface area contributed by atoms with E-state index in [1.807, 2.05) is 53.1 Å². The third-order valence-corrected chi connectivity index (χ3v) is 11.7. The van der Waals surface area contributed by atoms with Crippen LogP contribution in [0.2, 0.25) is 0 Å². The molecule has 10 aromatic carbocycles. The molecule has 0 saturated carbocycles. The molecule has 0 aliphatic heterocycles. The summed E-state index contributed by atoms with van der Waals surface area (Å²) in [4.78, 5) is 2.33. The molecule has 0 bridgehead atoms. The molecule has 0 N–H and O–H groups in total. The first-order chi connectivity index (χ1) is 32.8. The minimum atomic E-state index is -0.415. The number of hydrogen-bond acceptors (Lipinski definition) is 1. The maximum atomic E-state index is 8.92. The number of aromatic nitrogens is 1. The molecule has 0 aliphatic rings. The van der Waals surface area contributed by atoms with Crippen LogP contribution in [0.1, 0.15) is 6.85 Å². The standard InChI is InChI=1S/C60H42N2/c1-4-16-43(17-5-1)45-30-32-46(33-31-45)48-36-40-53(41-37-48)61(52-38-34-47(35-39-52)44-18-6-2-7-19-44)57-27-12-10-24-54(57)49-20-14-21-50(42-49)55-26-15-29-59-60(55)56-25-11-13-28-58(56)62(59)51-22-8-3-9-23-51/h1-42H/i3D,8D,9D,22D,23D. The summed E-state index contributed by atoms with van der Waals surface area (Å²) in [7, 11) is 0. The zero-order chi connectivity index (χ0) is 45.6. The summed E-state index contributed by atoms with van der Waals surface area (Å²) in [6.45, 7) is 0. The summed E-state index contributed by atoms with van der Waals surface area (Å²) < 4.78 is 44.9. The molecule has 0 amide bonds. The van der Waals surface area contributed by atoms with Gasteiger partial charge < -0.3 is 9.47 Å². The van der Waals surface area contributed by atoms with Crippen molar-refractivity contribution in [1.29, 1.82) is 0 Å². The first-order valence-corrected chi connectivity index (χ1v) is 20.8. The summed E-state index contributed by atoms with van der Waals surface area (Å²) in [6.07, 6.45) is 0. The molecule has 0 radical (unpaired) electrons. The van der Waals surface area contributed by atoms with Crippen LogP contribution in [0.25, 0.3) is 83.1 Å². The zero-order valence-electron chi connectivity index (χ0n) is 38.8. The maximum Gasteiger partial charge on any atom is 0.0645 e. The number of para-hydroxylation sites is 3. The topological polar surface area (TPSA) is 8.17 Å². The molecular formula is C60H42N2. The fourth-order valence-corrected chi connectivity index (χ4v) is 8.77. The van der Waals surface area contributed by atoms with Gasteiger partial charge in [-0.25, -0.2) is 0 Å². The van der Waals surface area contributed by atoms with E-state index in [1.165, 1.54) is 11.1 Å². The quantitative estimate of drug-likeness (QED) is 0.141. The van der Waals surface area contributed by atoms with Crippen molar-refractivity contribution >= 4 is 38.9 Å². The predicted molar refractivity (Wildman–Crippen MR) is 263 cm³/mol. The Morgan fingerprint density at radius 1 is 0.339 bits per heavy atom. The molecule has 1 aromatic heterocycles. The Morgan fingerprint density at radius 2 is 0.774 bits per heavy atom. The average Bonchev–Trinajstić information content (AvgIpc) is 3.73. The van der Waals surface area contributed by atoms with Gasteiger partial charge in [0.25, 0.3) is 0 Å². The van der Waals surface area contributed by atoms with E-state index in [9.17, 15) is 0 Å². The highest BCUT2D eigenvalue weighted by Crippen LogP contribution is 2.44. The van der Waals surface area contributed by atoms with Gasteiger partial charge in [-0.05, 0) is 111 Å². The Balaban J connectivity index is 1.03. The SMILES string of the molecule is [2H]c1c([2H])c([2H])c(-n2c3ccccc3c3c(-c4cccc(-c5ccccc5N(c5ccc(-c6ccccc6)cc5)c5ccc(-c6ccc(-c7ccccc7)cc6)cc5)c4)cccc32)c([2H])c1[2H]. The van der Waals surface area contributed by atoms with Crippen LogP contribution >= 0.6 is 0 Å². The van der Waals surface area contributed by atoms with E-state index in [-0.39, 0.29) is 29.9 Å². The normalized spacial score (nSPS) is 12.4. The van der Waals surface area contributed by atoms with Crippen molar-refractivity contribution in [3.63, 3.8) is 0 Å². The summed E-state index contributed by atoms with van der Waals surface area (Å²) in [6, 6.07) is 76.6. The number of rotatable bonds is 9. The smallest absolute Gasteiger partial charge is 0.0645 e. The van der Waals surface area contributed by atoms with Gasteiger partial charge in [-0.15, -0.1) is 0 Å². The molecule has 2 heteroatoms. The summed E-state index contributed by atoms with van der Waals surface area (Å²) in [5.74, 6) is 0. The van der Waals surface area contributed by atoms with E-state index in [2.05, 4.69) is 181 Å². The molecule has 0 fully saturated rings. The Labute approximate surface area is 369 Å². The van der Waals surface area contributed by atoms with Gasteiger partial charge in [0, 0.05) is 33.4 Å². The van der Waals surface area contributed by atoms with Crippen LogP contribution in [-0.4, -0.2) is 4.57 Å². The monoisotopic (exact) mass is 795 g/mol. The number of benzene rings is 10. The minimum absolute atomic E-state index is 0.128. The van der Waals surface area contributed by atoms with Gasteiger partial charge in [0.2, 0.25) is 0 Å². The largest absolute Gasteiger partial charge is 0.310 e. The van der Waals surface area contributed by atoms with E-state index < -0.39 is 6.04 Å². The van der Waals surface area contributed by atoms with E-state index in [4.69, 9.17) is 6.85 Å². The molecule has 0 saturated heterocycles. The van der Waals surface area contributed by atoms with Crippen LogP contribution in [-0.2, 0) is 0 Å². The van der Waals surface area contributed by atoms with Crippen LogP contribution < -0.4 is 4.90 Å². The van der Waals surface area contributed by atoms with Crippen molar-refractivity contribution in [2.75, 3.05) is 4.90 Å². The lowest BCUT2D eigenvalue weighted by molar-refractivity contribution is 1.18. The van der Waals surface area contributed by atoms with Crippen LogP contribution in [0, 0.1) is 0 Å². The van der Waals surface area contributed by atoms with Gasteiger partial charge in [0.05, 0.1) is 23.6 Å². The van der Waals surface area contributed by atoms with Crippen LogP contribution in [0.4, 0.5) is 17.1 Å². The van der Waals surface area contributed by atoms with Gasteiger partial charge in [0.1, 0.15) is 0 Å². The van der Waals surface area contributed by atoms with Gasteiger partial charge in [0.15, 0.2) is 0 Å². The fraction of sp³-hybridized carbons (Fsp3) is 0. The van der Waals surface area contributed by atoms with E-state index in [0.29, 0.717) is 0 Å². The number of nitrogens with zero attached hydrogens (tertiary/aromatic N) is 2. The Bertz CT molecular complexity index is 3580. The second-order valence-corrected chi connectivity index (χ2v) is 15.4. The Kier molecular flexibility index (Phi) is 8.23. The molecule has 0 aliphatic carbocycles. The van der Waals surface area contributed by atoms with E-state index >= 15 is 0 Å². The third kappa shape index (κ3) is 6.84. The first-order valence-electron chi connectivity index (χ1n) is 23.3. The van der Waals surface area contributed by atoms with Gasteiger partial charge in [-0.1, -0.05) is 194 Å². The Morgan fingerprint density at radius 3 is 1.39 bits per heavy atom. The van der Waals surface area contributed by atoms with Crippen LogP contribution in [0.5, 0.6) is 0 Å². The second kappa shape index (κ2) is 16.1. The van der Waals surface area contributed by atoms with Crippen molar-refractivity contribution in [2.45, 2.75) is 0 Å². The highest BCUT2D eigenvalue weighted by molar-refractivity contribution is 6.16. The minimum Gasteiger partial charge on any atom is -0.310 e. The van der Waals surface area contributed by atoms with Crippen LogP contribution in [0.15, 0.2) is 255 Å². The highest BCUT2D eigenvalue weighted by Gasteiger charge is 2.20. The maximum absolute atomic E-state index is 8.92. The molecular weight excluding hydrogens is 749 g/mol. The number of fused-ring (bicyclic) bond motifs is 3. The molecule has 11 aromatic rings. The molecule has 0 unspecified atom stereocenters. The van der Waals surface area contributed by atoms with Gasteiger partial charge in [-0.3, -0.25) is 0 Å². The molecule has 11 rings (SSSR count). The van der Waals surface area contributed by atoms with Gasteiger partial charge in [-0.2, -0.15) is 0 Å². The lowest BCUT2D eigenvalue weighted by Gasteiger charge is -2.28. The molecule has 2 nitrogen and oxygen atoms in total. The van der Waals surface area contributed by atoms with Crippen molar-refractivity contribution < 1.29 is 6.85 Å². The lowest BCUT2D eigenvalue weighted by atomic mass is 9.94. The molecule has 292 valence electrons. The summed E-state index contributed by atoms with van der Waals surface area (Å²) >= 11 is 0. The van der Waals surface area contributed by atoms with Crippen molar-refractivity contribution in [1.82, 2.24) is 4.57 Å². The number of hydrogen-bond donors (Lipinski definition) is 0. The molecule has 62 heavy (non-hydrogen) atoms. The van der Waals surface area contributed by atoms with Crippen molar-refractivity contribution in [3.05, 3.63) is 255 Å². The van der Waals surface area contributed by atoms with E-state index in [0.717, 1.165) is 83.4 Å². The van der Waals surface area contributed by atoms with E-state index in [1.54, 1.807) is 0 Å². The second-order valence-electron chi connectivity index (χ2n) is 15.4. The zero-order valence-corrected chi connectivity index (χ0v) is 33.8. The third-order valence-electron chi connectivity index (χ3n) is 11.7. The van der Waals surface area contributed by atoms with Crippen molar-refractivity contribution in [2.24, 2.45) is 0 Å². The first kappa shape index (κ1) is 31.7. The average molecular weight is 796 g/mol. The molecule has 0 atom stereocenters. The molecule has 0 spiro atoms. The van der Waals surface area contributed by atoms with Crippen LogP contribution in [0.3, 0.4) is 0 Å². The van der Waals surface area contributed by atoms with Crippen molar-refractivity contribution in [3.8, 4) is 61.3 Å². The summed E-state index contributed by atoms with van der Waals surface area (Å²) in [5.41, 5.74) is 15.7.